The number of methoxy groups -OCH3 is 1. The number of nitrogens with two attached hydrogens (primary N) is 1. The second-order valence-electron chi connectivity index (χ2n) is 2.88. The zero-order chi connectivity index (χ0) is 11.1. The van der Waals surface area contributed by atoms with Gasteiger partial charge in [0.1, 0.15) is 5.84 Å². The number of halogens is 1. The van der Waals surface area contributed by atoms with Crippen LogP contribution in [0.25, 0.3) is 0 Å². The third-order valence-corrected chi connectivity index (χ3v) is 2.04. The molecule has 0 aliphatic heterocycles. The molecule has 0 aliphatic carbocycles. The van der Waals surface area contributed by atoms with Gasteiger partial charge in [-0.3, -0.25) is 4.99 Å². The fourth-order valence-corrected chi connectivity index (χ4v) is 1.30. The minimum Gasteiger partial charge on any atom is -0.383 e. The van der Waals surface area contributed by atoms with Crippen LogP contribution in [-0.4, -0.2) is 26.1 Å². The average molecular weight is 228 g/mol. The van der Waals surface area contributed by atoms with Gasteiger partial charge in [0.05, 0.1) is 13.2 Å². The summed E-state index contributed by atoms with van der Waals surface area (Å²) in [5.74, 6) is 5.98. The van der Waals surface area contributed by atoms with E-state index in [0.29, 0.717) is 24.0 Å². The molecule has 1 rings (SSSR count). The molecule has 0 bridgehead atoms. The molecule has 5 heteroatoms. The first-order chi connectivity index (χ1) is 7.27. The lowest BCUT2D eigenvalue weighted by atomic mass is 10.2. The van der Waals surface area contributed by atoms with Gasteiger partial charge >= 0.3 is 0 Å². The highest BCUT2D eigenvalue weighted by molar-refractivity contribution is 6.31. The van der Waals surface area contributed by atoms with Gasteiger partial charge in [0.2, 0.25) is 0 Å². The lowest BCUT2D eigenvalue weighted by Gasteiger charge is -2.06. The minimum atomic E-state index is 0.558. The molecule has 0 saturated heterocycles. The molecule has 0 saturated carbocycles. The summed E-state index contributed by atoms with van der Waals surface area (Å²) in [7, 11) is 1.63. The first-order valence-corrected chi connectivity index (χ1v) is 4.91. The Kier molecular flexibility index (Phi) is 5.10. The van der Waals surface area contributed by atoms with E-state index < -0.39 is 0 Å². The molecule has 0 fully saturated rings. The summed E-state index contributed by atoms with van der Waals surface area (Å²) in [5.41, 5.74) is 3.40. The van der Waals surface area contributed by atoms with Gasteiger partial charge in [-0.25, -0.2) is 5.84 Å². The number of hydrogen-bond acceptors (Lipinski definition) is 3. The van der Waals surface area contributed by atoms with Crippen LogP contribution in [0.1, 0.15) is 5.56 Å². The van der Waals surface area contributed by atoms with E-state index in [1.807, 2.05) is 12.1 Å². The predicted octanol–water partition coefficient (Wildman–Crippen LogP) is 1.20. The number of nitrogens with one attached hydrogen (secondary N) is 1. The quantitative estimate of drug-likeness (QED) is 0.267. The van der Waals surface area contributed by atoms with Gasteiger partial charge in [-0.1, -0.05) is 23.7 Å². The van der Waals surface area contributed by atoms with E-state index in [-0.39, 0.29) is 0 Å². The number of rotatable bonds is 4. The van der Waals surface area contributed by atoms with E-state index >= 15 is 0 Å². The number of ether oxygens (including phenoxy) is 1. The fraction of sp³-hybridized carbons (Fsp3) is 0.300. The maximum absolute atomic E-state index is 5.86. The Balaban J connectivity index is 2.77. The smallest absolute Gasteiger partial charge is 0.142 e. The highest BCUT2D eigenvalue weighted by Crippen LogP contribution is 2.10. The zero-order valence-corrected chi connectivity index (χ0v) is 9.29. The molecule has 4 nitrogen and oxygen atoms in total. The lowest BCUT2D eigenvalue weighted by Crippen LogP contribution is -2.31. The maximum Gasteiger partial charge on any atom is 0.142 e. The topological polar surface area (TPSA) is 59.6 Å². The van der Waals surface area contributed by atoms with Gasteiger partial charge in [0, 0.05) is 17.7 Å². The van der Waals surface area contributed by atoms with Gasteiger partial charge in [-0.15, -0.1) is 0 Å². The van der Waals surface area contributed by atoms with Crippen LogP contribution in [0, 0.1) is 0 Å². The summed E-state index contributed by atoms with van der Waals surface area (Å²) in [5, 5.41) is 0.655. The van der Waals surface area contributed by atoms with Crippen LogP contribution in [0.2, 0.25) is 5.02 Å². The molecule has 0 spiro atoms. The number of hydrogen-bond donors (Lipinski definition) is 2. The van der Waals surface area contributed by atoms with Crippen molar-refractivity contribution in [2.24, 2.45) is 10.8 Å². The number of hydrazine groups is 1. The second-order valence-corrected chi connectivity index (χ2v) is 3.31. The molecular formula is C10H14ClN3O. The monoisotopic (exact) mass is 227 g/mol. The van der Waals surface area contributed by atoms with Crippen LogP contribution in [0.15, 0.2) is 29.3 Å². The molecule has 1 aromatic rings. The SMILES string of the molecule is COCCN=C(NN)c1cccc(Cl)c1. The molecule has 0 aliphatic rings. The van der Waals surface area contributed by atoms with Crippen LogP contribution >= 0.6 is 11.6 Å². The minimum absolute atomic E-state index is 0.558. The van der Waals surface area contributed by atoms with E-state index in [9.17, 15) is 0 Å². The van der Waals surface area contributed by atoms with Crippen molar-refractivity contribution in [1.82, 2.24) is 5.43 Å². The second kappa shape index (κ2) is 6.40. The Hall–Kier alpha value is -1.10. The van der Waals surface area contributed by atoms with Crippen molar-refractivity contribution < 1.29 is 4.74 Å². The van der Waals surface area contributed by atoms with E-state index in [1.165, 1.54) is 0 Å². The van der Waals surface area contributed by atoms with Crippen molar-refractivity contribution >= 4 is 17.4 Å². The Morgan fingerprint density at radius 3 is 3.00 bits per heavy atom. The third-order valence-electron chi connectivity index (χ3n) is 1.80. The third kappa shape index (κ3) is 3.87. The van der Waals surface area contributed by atoms with Crippen LogP contribution in [-0.2, 0) is 4.74 Å². The Labute approximate surface area is 94.1 Å². The van der Waals surface area contributed by atoms with Crippen molar-refractivity contribution in [3.05, 3.63) is 34.9 Å². The molecule has 82 valence electrons. The van der Waals surface area contributed by atoms with Crippen molar-refractivity contribution in [1.29, 1.82) is 0 Å². The van der Waals surface area contributed by atoms with Gasteiger partial charge in [-0.2, -0.15) is 0 Å². The number of benzene rings is 1. The van der Waals surface area contributed by atoms with Gasteiger partial charge < -0.3 is 10.2 Å². The predicted molar refractivity (Wildman–Crippen MR) is 62.1 cm³/mol. The van der Waals surface area contributed by atoms with Crippen molar-refractivity contribution in [2.75, 3.05) is 20.3 Å². The van der Waals surface area contributed by atoms with Crippen LogP contribution < -0.4 is 11.3 Å². The van der Waals surface area contributed by atoms with E-state index in [1.54, 1.807) is 19.2 Å². The molecule has 0 radical (unpaired) electrons. The normalized spacial score (nSPS) is 11.5. The summed E-state index contributed by atoms with van der Waals surface area (Å²) in [6.07, 6.45) is 0. The fourth-order valence-electron chi connectivity index (χ4n) is 1.10. The standard InChI is InChI=1S/C10H14ClN3O/c1-15-6-5-13-10(14-12)8-3-2-4-9(11)7-8/h2-4,7H,5-6,12H2,1H3,(H,13,14). The maximum atomic E-state index is 5.86. The summed E-state index contributed by atoms with van der Waals surface area (Å²) in [4.78, 5) is 4.24. The number of amidine groups is 1. The molecule has 0 amide bonds. The van der Waals surface area contributed by atoms with Gasteiger partial charge in [0.15, 0.2) is 0 Å². The highest BCUT2D eigenvalue weighted by Gasteiger charge is 2.01. The highest BCUT2D eigenvalue weighted by atomic mass is 35.5. The first-order valence-electron chi connectivity index (χ1n) is 4.54. The van der Waals surface area contributed by atoms with Gasteiger partial charge in [0.25, 0.3) is 0 Å². The van der Waals surface area contributed by atoms with Crippen LogP contribution in [0.4, 0.5) is 0 Å². The van der Waals surface area contributed by atoms with Crippen molar-refractivity contribution in [3.63, 3.8) is 0 Å². The van der Waals surface area contributed by atoms with E-state index in [4.69, 9.17) is 22.2 Å². The Bertz CT molecular complexity index is 341. The summed E-state index contributed by atoms with van der Waals surface area (Å²) < 4.78 is 4.89. The van der Waals surface area contributed by atoms with E-state index in [0.717, 1.165) is 5.56 Å². The zero-order valence-electron chi connectivity index (χ0n) is 8.53. The van der Waals surface area contributed by atoms with Crippen molar-refractivity contribution in [2.45, 2.75) is 0 Å². The summed E-state index contributed by atoms with van der Waals surface area (Å²) >= 11 is 5.86. The molecular weight excluding hydrogens is 214 g/mol. The van der Waals surface area contributed by atoms with Crippen molar-refractivity contribution in [3.8, 4) is 0 Å². The lowest BCUT2D eigenvalue weighted by molar-refractivity contribution is 0.208. The molecule has 1 aromatic carbocycles. The first kappa shape index (κ1) is 12.0. The number of aliphatic imine (C=N–C) groups is 1. The van der Waals surface area contributed by atoms with E-state index in [2.05, 4.69) is 10.4 Å². The molecule has 0 aromatic heterocycles. The molecule has 3 N–H and O–H groups in total. The molecule has 0 atom stereocenters. The molecule has 15 heavy (non-hydrogen) atoms. The molecule has 0 heterocycles. The largest absolute Gasteiger partial charge is 0.383 e. The summed E-state index contributed by atoms with van der Waals surface area (Å²) in [6, 6.07) is 7.33. The number of nitrogens with zero attached hydrogens (tertiary/aromatic N) is 1. The molecule has 0 unspecified atom stereocenters. The summed E-state index contributed by atoms with van der Waals surface area (Å²) in [6.45, 7) is 1.12. The average Bonchev–Trinajstić information content (AvgIpc) is 2.24. The van der Waals surface area contributed by atoms with Crippen LogP contribution in [0.5, 0.6) is 0 Å². The van der Waals surface area contributed by atoms with Gasteiger partial charge in [-0.05, 0) is 12.1 Å². The van der Waals surface area contributed by atoms with Crippen LogP contribution in [0.3, 0.4) is 0 Å². The Morgan fingerprint density at radius 2 is 2.40 bits per heavy atom. The Morgan fingerprint density at radius 1 is 1.60 bits per heavy atom.